The third kappa shape index (κ3) is 4.25. The minimum absolute atomic E-state index is 0.253. The van der Waals surface area contributed by atoms with E-state index in [2.05, 4.69) is 31.4 Å². The molecule has 0 bridgehead atoms. The molecule has 0 unspecified atom stereocenters. The number of thioether (sulfide) groups is 1. The number of nitrogens with one attached hydrogen (secondary N) is 1. The number of anilines is 1. The number of hydrogen-bond donors (Lipinski definition) is 1. The maximum Gasteiger partial charge on any atom is 0.258 e. The third-order valence-electron chi connectivity index (χ3n) is 4.43. The molecule has 0 saturated carbocycles. The van der Waals surface area contributed by atoms with Crippen molar-refractivity contribution in [2.24, 2.45) is 0 Å². The molecule has 0 radical (unpaired) electrons. The first kappa shape index (κ1) is 19.8. The van der Waals surface area contributed by atoms with Gasteiger partial charge in [0.1, 0.15) is 24.0 Å². The number of carbonyl (C=O) groups excluding carboxylic acids is 1. The van der Waals surface area contributed by atoms with Crippen molar-refractivity contribution in [3.8, 4) is 11.5 Å². The van der Waals surface area contributed by atoms with E-state index in [1.807, 2.05) is 13.8 Å². The Morgan fingerprint density at radius 2 is 2.00 bits per heavy atom. The van der Waals surface area contributed by atoms with Crippen molar-refractivity contribution in [2.45, 2.75) is 24.6 Å². The maximum atomic E-state index is 13.0. The van der Waals surface area contributed by atoms with E-state index in [9.17, 15) is 4.79 Å². The molecule has 3 heterocycles. The summed E-state index contributed by atoms with van der Waals surface area (Å²) in [6.07, 6.45) is 1.67. The number of amides is 1. The lowest BCUT2D eigenvalue weighted by Crippen LogP contribution is -2.17. The van der Waals surface area contributed by atoms with Gasteiger partial charge in [-0.25, -0.2) is 4.98 Å². The molecular formula is C20H18BrN3O4S. The molecule has 1 aromatic carbocycles. The second-order valence-electron chi connectivity index (χ2n) is 6.38. The number of ether oxygens (including phenoxy) is 2. The van der Waals surface area contributed by atoms with E-state index < -0.39 is 0 Å². The van der Waals surface area contributed by atoms with Crippen LogP contribution in [0.15, 0.2) is 44.5 Å². The zero-order chi connectivity index (χ0) is 20.4. The van der Waals surface area contributed by atoms with Crippen molar-refractivity contribution >= 4 is 39.3 Å². The second-order valence-corrected chi connectivity index (χ2v) is 8.20. The van der Waals surface area contributed by atoms with Crippen molar-refractivity contribution < 1.29 is 18.8 Å². The number of aromatic nitrogens is 2. The summed E-state index contributed by atoms with van der Waals surface area (Å²) in [7, 11) is 0. The minimum Gasteiger partial charge on any atom is -0.486 e. The van der Waals surface area contributed by atoms with E-state index in [0.717, 1.165) is 17.0 Å². The van der Waals surface area contributed by atoms with Crippen LogP contribution in [0.1, 0.15) is 27.4 Å². The average molecular weight is 476 g/mol. The zero-order valence-electron chi connectivity index (χ0n) is 15.8. The first-order valence-electron chi connectivity index (χ1n) is 8.93. The largest absolute Gasteiger partial charge is 0.486 e. The lowest BCUT2D eigenvalue weighted by atomic mass is 10.2. The van der Waals surface area contributed by atoms with Crippen LogP contribution < -0.4 is 14.8 Å². The fourth-order valence-electron chi connectivity index (χ4n) is 2.88. The molecule has 150 valence electrons. The molecule has 2 aromatic heterocycles. The van der Waals surface area contributed by atoms with Crippen molar-refractivity contribution in [3.63, 3.8) is 0 Å². The van der Waals surface area contributed by atoms with Gasteiger partial charge in [0.25, 0.3) is 5.91 Å². The molecule has 1 amide bonds. The number of benzene rings is 1. The lowest BCUT2D eigenvalue weighted by molar-refractivity contribution is 0.102. The fraction of sp³-hybridized carbons (Fsp3) is 0.250. The summed E-state index contributed by atoms with van der Waals surface area (Å²) in [6.45, 7) is 4.76. The van der Waals surface area contributed by atoms with Gasteiger partial charge in [0.2, 0.25) is 0 Å². The highest BCUT2D eigenvalue weighted by Gasteiger charge is 2.19. The van der Waals surface area contributed by atoms with Gasteiger partial charge >= 0.3 is 0 Å². The number of rotatable bonds is 5. The summed E-state index contributed by atoms with van der Waals surface area (Å²) in [5.74, 6) is 2.40. The molecule has 0 fully saturated rings. The third-order valence-corrected chi connectivity index (χ3v) is 6.12. The van der Waals surface area contributed by atoms with Crippen LogP contribution in [0.2, 0.25) is 0 Å². The van der Waals surface area contributed by atoms with Gasteiger partial charge in [0, 0.05) is 34.1 Å². The smallest absolute Gasteiger partial charge is 0.258 e. The molecule has 0 aliphatic carbocycles. The van der Waals surface area contributed by atoms with Gasteiger partial charge in [-0.1, -0.05) is 5.16 Å². The molecule has 1 N–H and O–H groups in total. The van der Waals surface area contributed by atoms with E-state index >= 15 is 0 Å². The first-order chi connectivity index (χ1) is 14.0. The summed E-state index contributed by atoms with van der Waals surface area (Å²) in [5, 5.41) is 7.54. The number of fused-ring (bicyclic) bond motifs is 1. The lowest BCUT2D eigenvalue weighted by Gasteiger charge is -2.20. The van der Waals surface area contributed by atoms with Gasteiger partial charge in [-0.2, -0.15) is 0 Å². The Labute approximate surface area is 180 Å². The van der Waals surface area contributed by atoms with Gasteiger partial charge in [-0.05, 0) is 41.9 Å². The van der Waals surface area contributed by atoms with Crippen LogP contribution in [0, 0.1) is 13.8 Å². The van der Waals surface area contributed by atoms with E-state index in [4.69, 9.17) is 14.0 Å². The van der Waals surface area contributed by atoms with E-state index in [-0.39, 0.29) is 5.91 Å². The Bertz CT molecular complexity index is 1050. The predicted molar refractivity (Wildman–Crippen MR) is 113 cm³/mol. The Kier molecular flexibility index (Phi) is 5.77. The summed E-state index contributed by atoms with van der Waals surface area (Å²) in [4.78, 5) is 17.3. The van der Waals surface area contributed by atoms with Gasteiger partial charge in [-0.3, -0.25) is 4.79 Å². The average Bonchev–Trinajstić information content (AvgIpc) is 3.04. The molecule has 3 aromatic rings. The number of hydrogen-bond acceptors (Lipinski definition) is 7. The molecule has 1 aliphatic heterocycles. The summed E-state index contributed by atoms with van der Waals surface area (Å²) >= 11 is 4.95. The SMILES string of the molecule is Cc1noc(C)c1CSc1ncccc1C(=O)Nc1cc2c(cc1Br)OCCO2. The second kappa shape index (κ2) is 8.46. The van der Waals surface area contributed by atoms with Crippen LogP contribution in [0.4, 0.5) is 5.69 Å². The van der Waals surface area contributed by atoms with Crippen LogP contribution in [0.5, 0.6) is 11.5 Å². The Morgan fingerprint density at radius 1 is 1.24 bits per heavy atom. The molecule has 4 rings (SSSR count). The van der Waals surface area contributed by atoms with Gasteiger partial charge in [0.15, 0.2) is 11.5 Å². The molecule has 7 nitrogen and oxygen atoms in total. The zero-order valence-corrected chi connectivity index (χ0v) is 18.2. The van der Waals surface area contributed by atoms with Crippen LogP contribution in [0.3, 0.4) is 0 Å². The van der Waals surface area contributed by atoms with Crippen LogP contribution in [0.25, 0.3) is 0 Å². The summed E-state index contributed by atoms with van der Waals surface area (Å²) < 4.78 is 17.1. The first-order valence-corrected chi connectivity index (χ1v) is 10.7. The highest BCUT2D eigenvalue weighted by molar-refractivity contribution is 9.10. The van der Waals surface area contributed by atoms with Gasteiger partial charge in [0.05, 0.1) is 16.9 Å². The normalized spacial score (nSPS) is 12.7. The molecule has 29 heavy (non-hydrogen) atoms. The molecule has 0 spiro atoms. The standard InChI is InChI=1S/C20H18BrN3O4S/c1-11-14(12(2)28-24-11)10-29-20-13(4-3-5-22-20)19(25)23-16-9-18-17(8-15(16)21)26-6-7-27-18/h3-5,8-9H,6-7,10H2,1-2H3,(H,23,25). The van der Waals surface area contributed by atoms with Crippen LogP contribution in [-0.4, -0.2) is 29.3 Å². The Morgan fingerprint density at radius 3 is 2.72 bits per heavy atom. The number of pyridine rings is 1. The van der Waals surface area contributed by atoms with Crippen LogP contribution >= 0.6 is 27.7 Å². The summed E-state index contributed by atoms with van der Waals surface area (Å²) in [5.41, 5.74) is 2.95. The predicted octanol–water partition coefficient (Wildman–Crippen LogP) is 4.76. The van der Waals surface area contributed by atoms with E-state index in [1.165, 1.54) is 11.8 Å². The molecule has 9 heteroatoms. The Balaban J connectivity index is 1.54. The maximum absolute atomic E-state index is 13.0. The number of halogens is 1. The van der Waals surface area contributed by atoms with E-state index in [0.29, 0.717) is 51.2 Å². The molecular weight excluding hydrogens is 458 g/mol. The van der Waals surface area contributed by atoms with Crippen molar-refractivity contribution in [1.82, 2.24) is 10.1 Å². The van der Waals surface area contributed by atoms with Gasteiger partial charge < -0.3 is 19.3 Å². The monoisotopic (exact) mass is 475 g/mol. The highest BCUT2D eigenvalue weighted by atomic mass is 79.9. The minimum atomic E-state index is -0.253. The van der Waals surface area contributed by atoms with Crippen molar-refractivity contribution in [1.29, 1.82) is 0 Å². The number of carbonyl (C=O) groups is 1. The van der Waals surface area contributed by atoms with Crippen molar-refractivity contribution in [2.75, 3.05) is 18.5 Å². The topological polar surface area (TPSA) is 86.5 Å². The number of aryl methyl sites for hydroxylation is 2. The van der Waals surface area contributed by atoms with Crippen LogP contribution in [-0.2, 0) is 5.75 Å². The fourth-order valence-corrected chi connectivity index (χ4v) is 4.44. The highest BCUT2D eigenvalue weighted by Crippen LogP contribution is 2.38. The van der Waals surface area contributed by atoms with Gasteiger partial charge in [-0.15, -0.1) is 11.8 Å². The Hall–Kier alpha value is -2.52. The van der Waals surface area contributed by atoms with Crippen molar-refractivity contribution in [3.05, 3.63) is 57.5 Å². The molecule has 0 saturated heterocycles. The molecule has 1 aliphatic rings. The quantitative estimate of drug-likeness (QED) is 0.531. The number of nitrogens with zero attached hydrogens (tertiary/aromatic N) is 2. The molecule has 0 atom stereocenters. The van der Waals surface area contributed by atoms with E-state index in [1.54, 1.807) is 30.5 Å². The summed E-state index contributed by atoms with van der Waals surface area (Å²) in [6, 6.07) is 7.04.